The van der Waals surface area contributed by atoms with Gasteiger partial charge in [0.25, 0.3) is 0 Å². The van der Waals surface area contributed by atoms with E-state index in [1.54, 1.807) is 0 Å². The highest BCUT2D eigenvalue weighted by Gasteiger charge is 2.54. The third kappa shape index (κ3) is 6.54. The van der Waals surface area contributed by atoms with Gasteiger partial charge in [-0.3, -0.25) is 19.5 Å². The Labute approximate surface area is 198 Å². The largest absolute Gasteiger partial charge is 0.479 e. The van der Waals surface area contributed by atoms with Crippen molar-refractivity contribution in [3.8, 4) is 0 Å². The average Bonchev–Trinajstić information content (AvgIpc) is 2.64. The molecule has 3 saturated heterocycles. The van der Waals surface area contributed by atoms with Crippen LogP contribution in [0.2, 0.25) is 0 Å². The summed E-state index contributed by atoms with van der Waals surface area (Å²) in [6.45, 7) is 9.05. The molecule has 1 unspecified atom stereocenters. The molecule has 0 bridgehead atoms. The number of rotatable bonds is 5. The van der Waals surface area contributed by atoms with Crippen molar-refractivity contribution in [2.24, 2.45) is 0 Å². The van der Waals surface area contributed by atoms with Gasteiger partial charge in [-0.25, -0.2) is 4.79 Å². The van der Waals surface area contributed by atoms with Gasteiger partial charge in [-0.15, -0.1) is 49.6 Å². The van der Waals surface area contributed by atoms with Gasteiger partial charge in [0.15, 0.2) is 5.78 Å². The van der Waals surface area contributed by atoms with E-state index < -0.39 is 11.6 Å². The lowest BCUT2D eigenvalue weighted by atomic mass is 9.97. The van der Waals surface area contributed by atoms with Crippen LogP contribution < -0.4 is 10.6 Å². The quantitative estimate of drug-likeness (QED) is 0.467. The van der Waals surface area contributed by atoms with E-state index in [0.29, 0.717) is 32.2 Å². The summed E-state index contributed by atoms with van der Waals surface area (Å²) in [6, 6.07) is 0.583. The predicted octanol–water partition coefficient (Wildman–Crippen LogP) is 0.318. The van der Waals surface area contributed by atoms with Crippen molar-refractivity contribution in [3.63, 3.8) is 0 Å². The van der Waals surface area contributed by atoms with Gasteiger partial charge < -0.3 is 15.7 Å². The van der Waals surface area contributed by atoms with Gasteiger partial charge in [-0.05, 0) is 32.9 Å². The van der Waals surface area contributed by atoms with E-state index in [4.69, 9.17) is 0 Å². The van der Waals surface area contributed by atoms with Crippen molar-refractivity contribution in [1.29, 1.82) is 0 Å². The Hall–Kier alpha value is 0.1000. The molecule has 3 aliphatic heterocycles. The zero-order valence-electron chi connectivity index (χ0n) is 16.8. The highest BCUT2D eigenvalue weighted by molar-refractivity contribution is 6.06. The minimum atomic E-state index is -1.51. The van der Waals surface area contributed by atoms with Crippen LogP contribution in [0.3, 0.4) is 0 Å². The van der Waals surface area contributed by atoms with Gasteiger partial charge in [0.05, 0.1) is 0 Å². The minimum absolute atomic E-state index is 0. The number of nitrogens with one attached hydrogen (secondary N) is 2. The van der Waals surface area contributed by atoms with Gasteiger partial charge in [0.2, 0.25) is 5.66 Å². The lowest BCUT2D eigenvalue weighted by Gasteiger charge is -2.51. The zero-order chi connectivity index (χ0) is 17.9. The molecule has 3 fully saturated rings. The lowest BCUT2D eigenvalue weighted by molar-refractivity contribution is -0.178. The lowest BCUT2D eigenvalue weighted by Crippen LogP contribution is -2.74. The van der Waals surface area contributed by atoms with Crippen LogP contribution in [0.25, 0.3) is 0 Å². The normalized spacial score (nSPS) is 23.9. The van der Waals surface area contributed by atoms with Crippen molar-refractivity contribution >= 4 is 61.4 Å². The van der Waals surface area contributed by atoms with Crippen LogP contribution in [0, 0.1) is 0 Å². The molecule has 0 spiro atoms. The van der Waals surface area contributed by atoms with Gasteiger partial charge in [-0.2, -0.15) is 0 Å². The summed E-state index contributed by atoms with van der Waals surface area (Å²) < 4.78 is 0. The van der Waals surface area contributed by atoms with Crippen molar-refractivity contribution in [2.45, 2.75) is 31.5 Å². The predicted molar refractivity (Wildman–Crippen MR) is 124 cm³/mol. The van der Waals surface area contributed by atoms with Crippen molar-refractivity contribution < 1.29 is 14.7 Å². The number of halogens is 4. The van der Waals surface area contributed by atoms with Crippen molar-refractivity contribution in [3.05, 3.63) is 0 Å². The molecule has 0 saturated carbocycles. The molecule has 12 heteroatoms. The molecule has 3 rings (SSSR count). The van der Waals surface area contributed by atoms with Crippen LogP contribution in [0.1, 0.15) is 19.8 Å². The fourth-order valence-electron chi connectivity index (χ4n) is 4.64. The Bertz CT molecular complexity index is 483. The highest BCUT2D eigenvalue weighted by atomic mass is 35.5. The van der Waals surface area contributed by atoms with Crippen molar-refractivity contribution in [1.82, 2.24) is 25.3 Å². The molecule has 3 N–H and O–H groups in total. The summed E-state index contributed by atoms with van der Waals surface area (Å²) >= 11 is 0. The Balaban J connectivity index is 0. The number of piperazine rings is 2. The van der Waals surface area contributed by atoms with E-state index in [0.717, 1.165) is 52.1 Å². The summed E-state index contributed by atoms with van der Waals surface area (Å²) in [5.74, 6) is -1.31. The minimum Gasteiger partial charge on any atom is -0.479 e. The maximum Gasteiger partial charge on any atom is 0.347 e. The molecule has 0 amide bonds. The van der Waals surface area contributed by atoms with Crippen LogP contribution in [0.4, 0.5) is 0 Å². The number of carbonyl (C=O) groups excluding carboxylic acids is 1. The second-order valence-corrected chi connectivity index (χ2v) is 7.27. The molecular weight excluding hydrogens is 464 g/mol. The summed E-state index contributed by atoms with van der Waals surface area (Å²) in [4.78, 5) is 31.1. The van der Waals surface area contributed by atoms with E-state index in [9.17, 15) is 14.7 Å². The molecule has 1 atom stereocenters. The maximum atomic E-state index is 12.6. The summed E-state index contributed by atoms with van der Waals surface area (Å²) in [5.41, 5.74) is -1.51. The molecule has 0 radical (unpaired) electrons. The van der Waals surface area contributed by atoms with Crippen LogP contribution in [0.5, 0.6) is 0 Å². The standard InChI is InChI=1S/C17H31N5O3.4ClH/c1-14(23)17(16(24)25,21-8-6-19-7-9-21)22-12-10-20(11-13-22)15-2-4-18-5-3-15;;;;/h15,18-19H,2-13H2,1H3,(H,24,25);4*1H. The second kappa shape index (κ2) is 14.2. The Kier molecular flexibility index (Phi) is 15.3. The van der Waals surface area contributed by atoms with E-state index in [1.165, 1.54) is 6.92 Å². The van der Waals surface area contributed by atoms with E-state index in [1.807, 2.05) is 9.80 Å². The van der Waals surface area contributed by atoms with E-state index >= 15 is 0 Å². The number of hydrogen-bond acceptors (Lipinski definition) is 7. The molecule has 174 valence electrons. The summed E-state index contributed by atoms with van der Waals surface area (Å²) in [5, 5.41) is 16.7. The topological polar surface area (TPSA) is 88.1 Å². The first-order valence-corrected chi connectivity index (χ1v) is 9.47. The first-order valence-electron chi connectivity index (χ1n) is 9.47. The number of ketones is 1. The number of Topliss-reactive ketones (excluding diaryl/α,β-unsaturated/α-hetero) is 1. The van der Waals surface area contributed by atoms with Gasteiger partial charge in [-0.1, -0.05) is 0 Å². The molecule has 3 heterocycles. The third-order valence-corrected chi connectivity index (χ3v) is 5.96. The summed E-state index contributed by atoms with van der Waals surface area (Å²) in [6.07, 6.45) is 2.29. The van der Waals surface area contributed by atoms with Crippen LogP contribution >= 0.6 is 49.6 Å². The molecule has 0 aromatic rings. The Morgan fingerprint density at radius 2 is 1.24 bits per heavy atom. The summed E-state index contributed by atoms with van der Waals surface area (Å²) in [7, 11) is 0. The molecule has 0 aliphatic carbocycles. The monoisotopic (exact) mass is 497 g/mol. The second-order valence-electron chi connectivity index (χ2n) is 7.27. The zero-order valence-corrected chi connectivity index (χ0v) is 20.1. The Morgan fingerprint density at radius 1 is 0.793 bits per heavy atom. The molecule has 3 aliphatic rings. The van der Waals surface area contributed by atoms with Gasteiger partial charge in [0, 0.05) is 58.4 Å². The smallest absolute Gasteiger partial charge is 0.347 e. The third-order valence-electron chi connectivity index (χ3n) is 5.96. The SMILES string of the molecule is CC(=O)C(C(=O)O)(N1CCNCC1)N1CCN(C2CCNCC2)CC1.Cl.Cl.Cl.Cl. The van der Waals surface area contributed by atoms with Crippen molar-refractivity contribution in [2.75, 3.05) is 65.4 Å². The van der Waals surface area contributed by atoms with Gasteiger partial charge in [0.1, 0.15) is 0 Å². The first-order chi connectivity index (χ1) is 12.1. The molecule has 0 aromatic heterocycles. The number of piperidine rings is 1. The van der Waals surface area contributed by atoms with Gasteiger partial charge >= 0.3 is 5.97 Å². The molecule has 29 heavy (non-hydrogen) atoms. The highest BCUT2D eigenvalue weighted by Crippen LogP contribution is 2.26. The fraction of sp³-hybridized carbons (Fsp3) is 0.882. The number of aliphatic carboxylic acids is 1. The number of nitrogens with zero attached hydrogens (tertiary/aromatic N) is 3. The number of hydrogen-bond donors (Lipinski definition) is 3. The van der Waals surface area contributed by atoms with Crippen LogP contribution in [-0.4, -0.2) is 109 Å². The number of carbonyl (C=O) groups is 2. The van der Waals surface area contributed by atoms with Crippen LogP contribution in [-0.2, 0) is 9.59 Å². The fourth-order valence-corrected chi connectivity index (χ4v) is 4.64. The Morgan fingerprint density at radius 3 is 1.69 bits per heavy atom. The number of carboxylic acids is 1. The number of carboxylic acid groups (broad SMARTS) is 1. The van der Waals surface area contributed by atoms with E-state index in [2.05, 4.69) is 15.5 Å². The van der Waals surface area contributed by atoms with E-state index in [-0.39, 0.29) is 55.4 Å². The maximum absolute atomic E-state index is 12.6. The van der Waals surface area contributed by atoms with Crippen LogP contribution in [0.15, 0.2) is 0 Å². The average molecular weight is 499 g/mol. The first kappa shape index (κ1) is 31.3. The molecular formula is C17H35Cl4N5O3. The molecule has 0 aromatic carbocycles. The molecule has 8 nitrogen and oxygen atoms in total.